The Morgan fingerprint density at radius 3 is 2.88 bits per heavy atom. The molecule has 0 fully saturated rings. The molecule has 0 radical (unpaired) electrons. The summed E-state index contributed by atoms with van der Waals surface area (Å²) in [5.74, 6) is 2.76. The van der Waals surface area contributed by atoms with Crippen molar-refractivity contribution in [1.82, 2.24) is 4.98 Å². The number of hydrogen-bond acceptors (Lipinski definition) is 5. The fraction of sp³-hybridized carbons (Fsp3) is 0.167. The molecule has 1 amide bonds. The minimum Gasteiger partial charge on any atom is -0.448 e. The van der Waals surface area contributed by atoms with Gasteiger partial charge in [0.2, 0.25) is 0 Å². The van der Waals surface area contributed by atoms with Crippen molar-refractivity contribution >= 4 is 18.1 Å². The van der Waals surface area contributed by atoms with Crippen molar-refractivity contribution in [2.24, 2.45) is 5.16 Å². The molecule has 2 aromatic rings. The number of nitrogens with one attached hydrogen (secondary N) is 1. The van der Waals surface area contributed by atoms with Gasteiger partial charge >= 0.3 is 6.09 Å². The number of rotatable bonds is 7. The average molecular weight is 323 g/mol. The summed E-state index contributed by atoms with van der Waals surface area (Å²) < 4.78 is 4.89. The molecule has 1 aromatic carbocycles. The number of hydrogen-bond donors (Lipinski definition) is 1. The second-order valence-electron chi connectivity index (χ2n) is 4.65. The summed E-state index contributed by atoms with van der Waals surface area (Å²) in [7, 11) is 0. The van der Waals surface area contributed by atoms with Gasteiger partial charge in [-0.3, -0.25) is 5.32 Å². The first kappa shape index (κ1) is 17.0. The van der Waals surface area contributed by atoms with Crippen LogP contribution in [0, 0.1) is 12.3 Å². The molecule has 0 atom stereocenters. The third-order valence-electron chi connectivity index (χ3n) is 2.80. The molecule has 0 bridgehead atoms. The number of pyridine rings is 1. The maximum atomic E-state index is 11.5. The number of aromatic nitrogens is 1. The molecule has 0 saturated carbocycles. The Morgan fingerprint density at radius 1 is 1.25 bits per heavy atom. The lowest BCUT2D eigenvalue weighted by molar-refractivity contribution is 0.129. The van der Waals surface area contributed by atoms with E-state index >= 15 is 0 Å². The van der Waals surface area contributed by atoms with Gasteiger partial charge in [-0.1, -0.05) is 41.6 Å². The maximum absolute atomic E-state index is 11.5. The molecule has 6 heteroatoms. The van der Waals surface area contributed by atoms with E-state index < -0.39 is 6.09 Å². The zero-order valence-corrected chi connectivity index (χ0v) is 13.0. The minimum absolute atomic E-state index is 0.166. The van der Waals surface area contributed by atoms with Crippen LogP contribution in [0.4, 0.5) is 10.6 Å². The number of benzene rings is 1. The van der Waals surface area contributed by atoms with Crippen LogP contribution in [0.2, 0.25) is 0 Å². The topological polar surface area (TPSA) is 72.8 Å². The second-order valence-corrected chi connectivity index (χ2v) is 4.65. The normalized spacial score (nSPS) is 10.1. The van der Waals surface area contributed by atoms with Crippen molar-refractivity contribution < 1.29 is 14.4 Å². The molecule has 6 nitrogen and oxygen atoms in total. The number of anilines is 1. The van der Waals surface area contributed by atoms with Gasteiger partial charge in [-0.05, 0) is 17.7 Å². The van der Waals surface area contributed by atoms with Crippen molar-refractivity contribution in [2.75, 3.05) is 11.9 Å². The lowest BCUT2D eigenvalue weighted by atomic mass is 10.2. The van der Waals surface area contributed by atoms with Crippen molar-refractivity contribution in [1.29, 1.82) is 0 Å². The summed E-state index contributed by atoms with van der Waals surface area (Å²) in [4.78, 5) is 21.0. The van der Waals surface area contributed by atoms with Gasteiger partial charge in [-0.15, -0.1) is 12.3 Å². The highest BCUT2D eigenvalue weighted by atomic mass is 16.6. The Labute approximate surface area is 140 Å². The number of nitrogens with zero attached hydrogens (tertiary/aromatic N) is 2. The number of carbonyl (C=O) groups is 1. The van der Waals surface area contributed by atoms with Crippen molar-refractivity contribution in [3.8, 4) is 12.3 Å². The van der Waals surface area contributed by atoms with E-state index in [1.165, 1.54) is 0 Å². The number of carbonyl (C=O) groups excluding carboxylic acids is 1. The van der Waals surface area contributed by atoms with Gasteiger partial charge in [-0.25, -0.2) is 9.78 Å². The van der Waals surface area contributed by atoms with E-state index in [9.17, 15) is 4.79 Å². The quantitative estimate of drug-likeness (QED) is 0.367. The van der Waals surface area contributed by atoms with Gasteiger partial charge in [0.05, 0.1) is 11.9 Å². The molecule has 1 heterocycles. The zero-order chi connectivity index (χ0) is 17.0. The van der Waals surface area contributed by atoms with Crippen LogP contribution < -0.4 is 5.32 Å². The molecule has 0 aliphatic rings. The van der Waals surface area contributed by atoms with Crippen LogP contribution in [0.3, 0.4) is 0 Å². The van der Waals surface area contributed by atoms with Gasteiger partial charge in [0.15, 0.2) is 6.61 Å². The Morgan fingerprint density at radius 2 is 2.08 bits per heavy atom. The lowest BCUT2D eigenvalue weighted by Gasteiger charge is -2.06. The van der Waals surface area contributed by atoms with Crippen LogP contribution in [-0.2, 0) is 16.2 Å². The van der Waals surface area contributed by atoms with Crippen LogP contribution in [0.25, 0.3) is 0 Å². The molecule has 24 heavy (non-hydrogen) atoms. The van der Waals surface area contributed by atoms with E-state index in [0.29, 0.717) is 17.9 Å². The number of oxime groups is 1. The second kappa shape index (κ2) is 9.64. The van der Waals surface area contributed by atoms with Crippen LogP contribution in [-0.4, -0.2) is 23.9 Å². The monoisotopic (exact) mass is 323 g/mol. The Hall–Kier alpha value is -3.33. The van der Waals surface area contributed by atoms with E-state index in [2.05, 4.69) is 21.4 Å². The summed E-state index contributed by atoms with van der Waals surface area (Å²) in [6, 6.07) is 14.8. The van der Waals surface area contributed by atoms with Crippen molar-refractivity contribution in [2.45, 2.75) is 13.0 Å². The van der Waals surface area contributed by atoms with Gasteiger partial charge in [0.1, 0.15) is 12.4 Å². The highest BCUT2D eigenvalue weighted by Gasteiger charge is 2.04. The molecule has 0 spiro atoms. The van der Waals surface area contributed by atoms with Crippen LogP contribution >= 0.6 is 0 Å². The highest BCUT2D eigenvalue weighted by Crippen LogP contribution is 2.07. The molecule has 0 unspecified atom stereocenters. The van der Waals surface area contributed by atoms with Crippen LogP contribution in [0.15, 0.2) is 53.7 Å². The summed E-state index contributed by atoms with van der Waals surface area (Å²) in [6.45, 7) is 0.352. The highest BCUT2D eigenvalue weighted by molar-refractivity contribution is 5.83. The average Bonchev–Trinajstić information content (AvgIpc) is 2.60. The first-order valence-corrected chi connectivity index (χ1v) is 7.31. The molecular formula is C18H17N3O3. The van der Waals surface area contributed by atoms with Gasteiger partial charge < -0.3 is 9.57 Å². The third kappa shape index (κ3) is 6.20. The van der Waals surface area contributed by atoms with Gasteiger partial charge in [0.25, 0.3) is 0 Å². The molecule has 0 aliphatic heterocycles. The molecule has 122 valence electrons. The molecular weight excluding hydrogens is 306 g/mol. The predicted molar refractivity (Wildman–Crippen MR) is 91.5 cm³/mol. The molecule has 1 aromatic heterocycles. The third-order valence-corrected chi connectivity index (χ3v) is 2.80. The molecule has 2 rings (SSSR count). The van der Waals surface area contributed by atoms with Crippen molar-refractivity contribution in [3.05, 3.63) is 59.8 Å². The van der Waals surface area contributed by atoms with E-state index in [1.807, 2.05) is 30.3 Å². The fourth-order valence-electron chi connectivity index (χ4n) is 1.71. The lowest BCUT2D eigenvalue weighted by Crippen LogP contribution is -2.15. The first-order valence-electron chi connectivity index (χ1n) is 7.31. The van der Waals surface area contributed by atoms with E-state index in [0.717, 1.165) is 5.56 Å². The van der Waals surface area contributed by atoms with Gasteiger partial charge in [-0.2, -0.15) is 0 Å². The molecule has 0 aliphatic carbocycles. The number of ether oxygens (including phenoxy) is 1. The summed E-state index contributed by atoms with van der Waals surface area (Å²) >= 11 is 0. The SMILES string of the molecule is C#CCCOC(=O)Nc1cccc(CO/N=C\c2ccccc2)n1. The number of amides is 1. The van der Waals surface area contributed by atoms with Crippen molar-refractivity contribution in [3.63, 3.8) is 0 Å². The summed E-state index contributed by atoms with van der Waals surface area (Å²) in [5.41, 5.74) is 1.57. The van der Waals surface area contributed by atoms with Crippen LogP contribution in [0.5, 0.6) is 0 Å². The van der Waals surface area contributed by atoms with E-state index in [1.54, 1.807) is 24.4 Å². The zero-order valence-electron chi connectivity index (χ0n) is 13.0. The number of terminal acetylenes is 1. The van der Waals surface area contributed by atoms with Gasteiger partial charge in [0, 0.05) is 6.42 Å². The largest absolute Gasteiger partial charge is 0.448 e. The smallest absolute Gasteiger partial charge is 0.412 e. The van der Waals surface area contributed by atoms with Crippen LogP contribution in [0.1, 0.15) is 17.7 Å². The maximum Gasteiger partial charge on any atom is 0.412 e. The van der Waals surface area contributed by atoms with E-state index in [4.69, 9.17) is 16.0 Å². The first-order chi connectivity index (χ1) is 11.8. The fourth-order valence-corrected chi connectivity index (χ4v) is 1.71. The predicted octanol–water partition coefficient (Wildman–Crippen LogP) is 3.20. The molecule has 1 N–H and O–H groups in total. The minimum atomic E-state index is -0.599. The Kier molecular flexibility index (Phi) is 6.84. The summed E-state index contributed by atoms with van der Waals surface area (Å²) in [5, 5.41) is 6.40. The van der Waals surface area contributed by atoms with E-state index in [-0.39, 0.29) is 13.2 Å². The molecule has 0 saturated heterocycles. The Balaban J connectivity index is 1.81. The summed E-state index contributed by atoms with van der Waals surface area (Å²) in [6.07, 6.45) is 6.47. The Bertz CT molecular complexity index is 724. The standard InChI is InChI=1S/C18H17N3O3/c1-2-3-12-23-18(22)21-17-11-7-10-16(20-17)14-24-19-13-15-8-5-4-6-9-15/h1,4-11,13H,3,12,14H2,(H,20,21,22)/b19-13-.